The molecule has 0 bridgehead atoms. The molecule has 0 spiro atoms. The summed E-state index contributed by atoms with van der Waals surface area (Å²) in [6.07, 6.45) is 6.85. The van der Waals surface area contributed by atoms with Gasteiger partial charge in [-0.25, -0.2) is 4.79 Å². The maximum atomic E-state index is 10.5. The summed E-state index contributed by atoms with van der Waals surface area (Å²) in [7, 11) is 0. The molecule has 1 aromatic rings. The summed E-state index contributed by atoms with van der Waals surface area (Å²) >= 11 is 0. The first kappa shape index (κ1) is 17.0. The summed E-state index contributed by atoms with van der Waals surface area (Å²) in [5.74, 6) is -0.921. The van der Waals surface area contributed by atoms with E-state index in [0.717, 1.165) is 11.1 Å². The first-order chi connectivity index (χ1) is 9.70. The van der Waals surface area contributed by atoms with Crippen LogP contribution >= 0.6 is 0 Å². The van der Waals surface area contributed by atoms with Crippen LogP contribution in [0.4, 0.5) is 0 Å². The largest absolute Gasteiger partial charge is 0.478 e. The van der Waals surface area contributed by atoms with E-state index in [1.807, 2.05) is 19.1 Å². The van der Waals surface area contributed by atoms with Crippen LogP contribution in [0.15, 0.2) is 54.1 Å². The van der Waals surface area contributed by atoms with Crippen LogP contribution < -0.4 is 0 Å². The van der Waals surface area contributed by atoms with Crippen molar-refractivity contribution >= 4 is 11.5 Å². The number of aliphatic carboxylic acids is 1. The van der Waals surface area contributed by atoms with Crippen molar-refractivity contribution in [3.8, 4) is 0 Å². The van der Waals surface area contributed by atoms with Crippen LogP contribution in [0, 0.1) is 0 Å². The molecule has 0 unspecified atom stereocenters. The van der Waals surface area contributed by atoms with Crippen LogP contribution in [-0.2, 0) is 10.2 Å². The lowest BCUT2D eigenvalue weighted by Gasteiger charge is -2.19. The van der Waals surface area contributed by atoms with Crippen LogP contribution in [-0.4, -0.2) is 11.1 Å². The van der Waals surface area contributed by atoms with Crippen molar-refractivity contribution in [3.05, 3.63) is 65.3 Å². The normalized spacial score (nSPS) is 13.8. The number of hydrogen-bond donors (Lipinski definition) is 1. The molecule has 0 aliphatic heterocycles. The molecule has 0 aliphatic rings. The summed E-state index contributed by atoms with van der Waals surface area (Å²) in [5.41, 5.74) is 4.52. The van der Waals surface area contributed by atoms with Crippen molar-refractivity contribution in [2.45, 2.75) is 40.0 Å². The number of carboxylic acid groups (broad SMARTS) is 1. The number of carboxylic acids is 1. The van der Waals surface area contributed by atoms with E-state index in [2.05, 4.69) is 45.0 Å². The monoisotopic (exact) mass is 284 g/mol. The highest BCUT2D eigenvalue weighted by atomic mass is 16.4. The topological polar surface area (TPSA) is 37.3 Å². The van der Waals surface area contributed by atoms with Gasteiger partial charge in [0.05, 0.1) is 0 Å². The molecule has 0 radical (unpaired) electrons. The van der Waals surface area contributed by atoms with E-state index in [4.69, 9.17) is 5.11 Å². The Bertz CT molecular complexity index is 579. The second-order valence-corrected chi connectivity index (χ2v) is 6.26. The van der Waals surface area contributed by atoms with Gasteiger partial charge < -0.3 is 5.11 Å². The molecule has 0 fully saturated rings. The number of hydrogen-bond acceptors (Lipinski definition) is 1. The summed E-state index contributed by atoms with van der Waals surface area (Å²) < 4.78 is 0. The Kier molecular flexibility index (Phi) is 5.71. The second kappa shape index (κ2) is 7.07. The fraction of sp³-hybridized carbons (Fsp3) is 0.316. The van der Waals surface area contributed by atoms with Gasteiger partial charge in [-0.1, -0.05) is 63.3 Å². The van der Waals surface area contributed by atoms with Crippen LogP contribution in [0.25, 0.3) is 5.57 Å². The van der Waals surface area contributed by atoms with Gasteiger partial charge in [0.1, 0.15) is 0 Å². The molecule has 0 atom stereocenters. The molecule has 0 amide bonds. The van der Waals surface area contributed by atoms with Gasteiger partial charge in [0, 0.05) is 6.08 Å². The Morgan fingerprint density at radius 3 is 2.14 bits per heavy atom. The Hall–Kier alpha value is -2.09. The standard InChI is InChI=1S/C19H24O2/c1-14(13-18(20)21)7-6-8-15(2)16-9-11-17(12-10-16)19(3,4)5/h6-13H,1-5H3,(H,20,21)/b7-6+,14-13+,15-8+. The average molecular weight is 284 g/mol. The third-order valence-corrected chi connectivity index (χ3v) is 3.26. The van der Waals surface area contributed by atoms with Crippen LogP contribution in [0.5, 0.6) is 0 Å². The molecule has 21 heavy (non-hydrogen) atoms. The predicted octanol–water partition coefficient (Wildman–Crippen LogP) is 4.97. The molecular weight excluding hydrogens is 260 g/mol. The lowest BCUT2D eigenvalue weighted by Crippen LogP contribution is -2.10. The van der Waals surface area contributed by atoms with Gasteiger partial charge in [-0.3, -0.25) is 0 Å². The Balaban J connectivity index is 2.84. The van der Waals surface area contributed by atoms with Crippen molar-refractivity contribution in [3.63, 3.8) is 0 Å². The SMILES string of the molecule is CC(/C=C/C=C(\C)c1ccc(C(C)(C)C)cc1)=C\C(=O)O. The summed E-state index contributed by atoms with van der Waals surface area (Å²) in [4.78, 5) is 10.5. The second-order valence-electron chi connectivity index (χ2n) is 6.26. The molecular formula is C19H24O2. The summed E-state index contributed by atoms with van der Waals surface area (Å²) in [6.45, 7) is 10.4. The zero-order valence-electron chi connectivity index (χ0n) is 13.5. The van der Waals surface area contributed by atoms with Crippen LogP contribution in [0.2, 0.25) is 0 Å². The maximum Gasteiger partial charge on any atom is 0.328 e. The van der Waals surface area contributed by atoms with E-state index in [9.17, 15) is 4.79 Å². The van der Waals surface area contributed by atoms with Gasteiger partial charge in [0.2, 0.25) is 0 Å². The first-order valence-electron chi connectivity index (χ1n) is 7.07. The van der Waals surface area contributed by atoms with E-state index < -0.39 is 5.97 Å². The van der Waals surface area contributed by atoms with Gasteiger partial charge in [-0.05, 0) is 41.5 Å². The van der Waals surface area contributed by atoms with E-state index in [1.54, 1.807) is 13.0 Å². The fourth-order valence-electron chi connectivity index (χ4n) is 1.92. The molecule has 1 aromatic carbocycles. The van der Waals surface area contributed by atoms with Crippen LogP contribution in [0.1, 0.15) is 45.7 Å². The Labute approximate surface area is 127 Å². The van der Waals surface area contributed by atoms with Crippen molar-refractivity contribution in [1.82, 2.24) is 0 Å². The Morgan fingerprint density at radius 1 is 1.10 bits per heavy atom. The average Bonchev–Trinajstić information content (AvgIpc) is 2.36. The van der Waals surface area contributed by atoms with E-state index in [-0.39, 0.29) is 5.41 Å². The van der Waals surface area contributed by atoms with Gasteiger partial charge in [-0.2, -0.15) is 0 Å². The van der Waals surface area contributed by atoms with Gasteiger partial charge >= 0.3 is 5.97 Å². The van der Waals surface area contributed by atoms with Gasteiger partial charge in [0.15, 0.2) is 0 Å². The molecule has 0 aliphatic carbocycles. The summed E-state index contributed by atoms with van der Waals surface area (Å²) in [5, 5.41) is 8.64. The molecule has 1 N–H and O–H groups in total. The quantitative estimate of drug-likeness (QED) is 0.625. The first-order valence-corrected chi connectivity index (χ1v) is 7.07. The van der Waals surface area contributed by atoms with Crippen molar-refractivity contribution in [2.24, 2.45) is 0 Å². The highest BCUT2D eigenvalue weighted by molar-refractivity contribution is 5.81. The number of benzene rings is 1. The Morgan fingerprint density at radius 2 is 1.67 bits per heavy atom. The van der Waals surface area contributed by atoms with Gasteiger partial charge in [0.25, 0.3) is 0 Å². The minimum Gasteiger partial charge on any atom is -0.478 e. The van der Waals surface area contributed by atoms with Crippen molar-refractivity contribution in [2.75, 3.05) is 0 Å². The maximum absolute atomic E-state index is 10.5. The predicted molar refractivity (Wildman–Crippen MR) is 89.3 cm³/mol. The van der Waals surface area contributed by atoms with E-state index in [1.165, 1.54) is 17.2 Å². The third kappa shape index (κ3) is 5.82. The zero-order chi connectivity index (χ0) is 16.0. The molecule has 112 valence electrons. The molecule has 1 rings (SSSR count). The lowest BCUT2D eigenvalue weighted by molar-refractivity contribution is -0.131. The molecule has 0 saturated carbocycles. The lowest BCUT2D eigenvalue weighted by atomic mass is 9.86. The van der Waals surface area contributed by atoms with Gasteiger partial charge in [-0.15, -0.1) is 0 Å². The molecule has 2 nitrogen and oxygen atoms in total. The number of carbonyl (C=O) groups is 1. The smallest absolute Gasteiger partial charge is 0.328 e. The highest BCUT2D eigenvalue weighted by Crippen LogP contribution is 2.24. The molecule has 2 heteroatoms. The molecule has 0 heterocycles. The number of rotatable bonds is 4. The van der Waals surface area contributed by atoms with E-state index in [0.29, 0.717) is 0 Å². The third-order valence-electron chi connectivity index (χ3n) is 3.26. The molecule has 0 aromatic heterocycles. The minimum atomic E-state index is -0.921. The zero-order valence-corrected chi connectivity index (χ0v) is 13.5. The number of allylic oxidation sites excluding steroid dienone is 5. The van der Waals surface area contributed by atoms with E-state index >= 15 is 0 Å². The highest BCUT2D eigenvalue weighted by Gasteiger charge is 2.12. The van der Waals surface area contributed by atoms with Crippen LogP contribution in [0.3, 0.4) is 0 Å². The minimum absolute atomic E-state index is 0.161. The molecule has 0 saturated heterocycles. The van der Waals surface area contributed by atoms with Crippen molar-refractivity contribution in [1.29, 1.82) is 0 Å². The van der Waals surface area contributed by atoms with Crippen molar-refractivity contribution < 1.29 is 9.90 Å². The fourth-order valence-corrected chi connectivity index (χ4v) is 1.92. The summed E-state index contributed by atoms with van der Waals surface area (Å²) in [6, 6.07) is 8.57.